The van der Waals surface area contributed by atoms with E-state index in [2.05, 4.69) is 40.5 Å². The van der Waals surface area contributed by atoms with Crippen molar-refractivity contribution in [2.24, 2.45) is 11.3 Å². The van der Waals surface area contributed by atoms with Gasteiger partial charge in [0.1, 0.15) is 19.0 Å². The van der Waals surface area contributed by atoms with E-state index in [9.17, 15) is 9.59 Å². The van der Waals surface area contributed by atoms with Gasteiger partial charge in [0.05, 0.1) is 12.5 Å². The average molecular weight is 634 g/mol. The van der Waals surface area contributed by atoms with Crippen molar-refractivity contribution in [3.05, 3.63) is 112 Å². The van der Waals surface area contributed by atoms with E-state index in [1.807, 2.05) is 47.4 Å². The fraction of sp³-hybridized carbons (Fsp3) is 0.324. The Bertz CT molecular complexity index is 1860. The van der Waals surface area contributed by atoms with Crippen molar-refractivity contribution in [1.82, 2.24) is 15.2 Å². The number of benzene rings is 2. The van der Waals surface area contributed by atoms with E-state index in [1.54, 1.807) is 30.8 Å². The third-order valence-corrected chi connectivity index (χ3v) is 11.7. The van der Waals surface area contributed by atoms with Gasteiger partial charge in [0.2, 0.25) is 5.91 Å². The van der Waals surface area contributed by atoms with Crippen LogP contribution in [0.3, 0.4) is 0 Å². The molecule has 3 aliphatic carbocycles. The van der Waals surface area contributed by atoms with E-state index >= 15 is 0 Å². The molecule has 4 atom stereocenters. The monoisotopic (exact) mass is 633 g/mol. The molecule has 8 nitrogen and oxygen atoms in total. The summed E-state index contributed by atoms with van der Waals surface area (Å²) in [6.45, 7) is 6.34. The maximum Gasteiger partial charge on any atom is 0.254 e. The number of amides is 2. The van der Waals surface area contributed by atoms with Crippen LogP contribution in [-0.2, 0) is 21.5 Å². The lowest BCUT2D eigenvalue weighted by Crippen LogP contribution is -2.62. The third-order valence-electron chi connectivity index (χ3n) is 10.6. The minimum absolute atomic E-state index is 0.0240. The number of hydrogen-bond acceptors (Lipinski definition) is 7. The Labute approximate surface area is 272 Å². The Balaban J connectivity index is 1.25. The van der Waals surface area contributed by atoms with Crippen molar-refractivity contribution < 1.29 is 23.8 Å². The van der Waals surface area contributed by atoms with Crippen molar-refractivity contribution in [3.8, 4) is 17.2 Å². The lowest BCUT2D eigenvalue weighted by molar-refractivity contribution is -0.139. The van der Waals surface area contributed by atoms with Gasteiger partial charge in [0.15, 0.2) is 11.5 Å². The van der Waals surface area contributed by atoms with Crippen LogP contribution in [0.5, 0.6) is 17.2 Å². The third kappa shape index (κ3) is 4.14. The van der Waals surface area contributed by atoms with Crippen molar-refractivity contribution in [1.29, 1.82) is 0 Å². The maximum absolute atomic E-state index is 14.9. The van der Waals surface area contributed by atoms with Gasteiger partial charge < -0.3 is 24.4 Å². The first kappa shape index (κ1) is 28.8. The number of thiophene rings is 1. The predicted octanol–water partition coefficient (Wildman–Crippen LogP) is 5.57. The van der Waals surface area contributed by atoms with Gasteiger partial charge >= 0.3 is 0 Å². The standard InChI is InChI=1S/C37H35N3O5S/c1-23(26-7-3-4-8-29(26)43-2)34(41)40-21-32-36(25-9-10-30-31(18-25)45-16-15-44-30)13-11-28(27-12-17-46-33(27)36)37(32,22-40)35(42)39-20-24-6-5-14-38-19-24/h3-10,12,14,17-19,28,32H,1,11,13,15-16,20-22H2,2H3,(H,39,42)/t28-,32?,36-,37-/m0/s1. The summed E-state index contributed by atoms with van der Waals surface area (Å²) in [6.07, 6.45) is 5.22. The number of methoxy groups -OCH3 is 1. The lowest BCUT2D eigenvalue weighted by Gasteiger charge is -2.59. The Morgan fingerprint density at radius 3 is 2.78 bits per heavy atom. The summed E-state index contributed by atoms with van der Waals surface area (Å²) in [5.41, 5.74) is 2.93. The molecule has 2 fully saturated rings. The largest absolute Gasteiger partial charge is 0.496 e. The highest BCUT2D eigenvalue weighted by Crippen LogP contribution is 2.70. The van der Waals surface area contributed by atoms with E-state index in [0.29, 0.717) is 49.7 Å². The van der Waals surface area contributed by atoms with Crippen LogP contribution in [0.1, 0.15) is 45.9 Å². The molecule has 4 aromatic rings. The Morgan fingerprint density at radius 1 is 1.11 bits per heavy atom. The fourth-order valence-corrected chi connectivity index (χ4v) is 9.95. The van der Waals surface area contributed by atoms with Crippen molar-refractivity contribution >= 4 is 28.7 Å². The molecule has 9 rings (SSSR count). The van der Waals surface area contributed by atoms with E-state index in [0.717, 1.165) is 35.5 Å². The zero-order chi connectivity index (χ0) is 31.5. The molecular formula is C37H35N3O5S. The Hall–Kier alpha value is -4.63. The molecule has 9 heteroatoms. The number of nitrogens with zero attached hydrogens (tertiary/aromatic N) is 2. The fourth-order valence-electron chi connectivity index (χ4n) is 8.68. The molecule has 2 amide bonds. The number of fused-ring (bicyclic) bond motifs is 2. The predicted molar refractivity (Wildman–Crippen MR) is 175 cm³/mol. The summed E-state index contributed by atoms with van der Waals surface area (Å²) in [6, 6.07) is 19.7. The number of aromatic nitrogens is 1. The second-order valence-corrected chi connectivity index (χ2v) is 13.5. The summed E-state index contributed by atoms with van der Waals surface area (Å²) in [5.74, 6) is 1.66. The number of rotatable bonds is 7. The van der Waals surface area contributed by atoms with Crippen LogP contribution >= 0.6 is 11.3 Å². The van der Waals surface area contributed by atoms with Gasteiger partial charge in [0.25, 0.3) is 5.91 Å². The van der Waals surface area contributed by atoms with Crippen LogP contribution in [0, 0.1) is 11.3 Å². The molecule has 1 saturated heterocycles. The maximum atomic E-state index is 14.9. The van der Waals surface area contributed by atoms with Gasteiger partial charge in [-0.05, 0) is 65.2 Å². The van der Waals surface area contributed by atoms with E-state index in [1.165, 1.54) is 10.4 Å². The number of carbonyl (C=O) groups is 2. The number of nitrogens with one attached hydrogen (secondary N) is 1. The molecule has 2 aliphatic heterocycles. The molecule has 0 spiro atoms. The molecule has 46 heavy (non-hydrogen) atoms. The first-order chi connectivity index (χ1) is 22.5. The second-order valence-electron chi connectivity index (χ2n) is 12.6. The van der Waals surface area contributed by atoms with Gasteiger partial charge in [-0.3, -0.25) is 14.6 Å². The zero-order valence-electron chi connectivity index (χ0n) is 25.7. The molecule has 2 aromatic carbocycles. The summed E-state index contributed by atoms with van der Waals surface area (Å²) in [7, 11) is 1.59. The van der Waals surface area contributed by atoms with Gasteiger partial charge in [-0.1, -0.05) is 36.9 Å². The molecule has 0 radical (unpaired) electrons. The number of ether oxygens (including phenoxy) is 3. The lowest BCUT2D eigenvalue weighted by atomic mass is 9.43. The quantitative estimate of drug-likeness (QED) is 0.268. The average Bonchev–Trinajstić information content (AvgIpc) is 3.79. The molecule has 1 saturated carbocycles. The van der Waals surface area contributed by atoms with Crippen LogP contribution in [0.15, 0.2) is 85.0 Å². The molecular weight excluding hydrogens is 598 g/mol. The Kier molecular flexibility index (Phi) is 6.90. The van der Waals surface area contributed by atoms with Crippen LogP contribution in [-0.4, -0.2) is 55.1 Å². The van der Waals surface area contributed by atoms with Crippen molar-refractivity contribution in [2.75, 3.05) is 33.4 Å². The summed E-state index contributed by atoms with van der Waals surface area (Å²) < 4.78 is 17.5. The Morgan fingerprint density at radius 2 is 1.96 bits per heavy atom. The minimum Gasteiger partial charge on any atom is -0.496 e. The van der Waals surface area contributed by atoms with Crippen LogP contribution in [0.2, 0.25) is 0 Å². The van der Waals surface area contributed by atoms with Gasteiger partial charge in [-0.2, -0.15) is 0 Å². The van der Waals surface area contributed by atoms with Crippen LogP contribution < -0.4 is 19.5 Å². The molecule has 2 aromatic heterocycles. The summed E-state index contributed by atoms with van der Waals surface area (Å²) in [4.78, 5) is 36.6. The minimum atomic E-state index is -0.849. The van der Waals surface area contributed by atoms with Gasteiger partial charge in [0, 0.05) is 65.3 Å². The molecule has 1 N–H and O–H groups in total. The van der Waals surface area contributed by atoms with Crippen LogP contribution in [0.25, 0.3) is 5.57 Å². The van der Waals surface area contributed by atoms with Crippen LogP contribution in [0.4, 0.5) is 0 Å². The number of likely N-dealkylation sites (tertiary alicyclic amines) is 1. The van der Waals surface area contributed by atoms with Gasteiger partial charge in [-0.15, -0.1) is 11.3 Å². The van der Waals surface area contributed by atoms with E-state index in [-0.39, 0.29) is 23.7 Å². The highest BCUT2D eigenvalue weighted by molar-refractivity contribution is 7.10. The molecule has 234 valence electrons. The summed E-state index contributed by atoms with van der Waals surface area (Å²) >= 11 is 1.76. The molecule has 5 aliphatic rings. The van der Waals surface area contributed by atoms with Crippen molar-refractivity contribution in [2.45, 2.75) is 30.7 Å². The molecule has 4 heterocycles. The number of pyridine rings is 1. The van der Waals surface area contributed by atoms with E-state index in [4.69, 9.17) is 14.2 Å². The first-order valence-corrected chi connectivity index (χ1v) is 16.6. The molecule has 1 unspecified atom stereocenters. The first-order valence-electron chi connectivity index (χ1n) is 15.7. The highest BCUT2D eigenvalue weighted by atomic mass is 32.1. The number of carbonyl (C=O) groups excluding carboxylic acids is 2. The zero-order valence-corrected chi connectivity index (χ0v) is 26.5. The summed E-state index contributed by atoms with van der Waals surface area (Å²) in [5, 5.41) is 5.45. The van der Waals surface area contributed by atoms with Crippen molar-refractivity contribution in [3.63, 3.8) is 0 Å². The topological polar surface area (TPSA) is 90.0 Å². The second kappa shape index (κ2) is 11.0. The SMILES string of the molecule is C=C(C(=O)N1CC2[C@@]3(c4ccc5c(c4)OCCO5)CC[C@@H](c4ccsc43)[C@@]2(C(=O)NCc2cccnc2)C1)c1ccccc1OC. The molecule has 2 bridgehead atoms. The highest BCUT2D eigenvalue weighted by Gasteiger charge is 2.71. The number of hydrogen-bond donors (Lipinski definition) is 1. The smallest absolute Gasteiger partial charge is 0.254 e. The number of para-hydroxylation sites is 1. The van der Waals surface area contributed by atoms with Gasteiger partial charge in [-0.25, -0.2) is 0 Å². The van der Waals surface area contributed by atoms with E-state index < -0.39 is 10.8 Å². The normalized spacial score (nSPS) is 25.4.